The van der Waals surface area contributed by atoms with Crippen LogP contribution in [0.1, 0.15) is 18.4 Å². The van der Waals surface area contributed by atoms with Crippen molar-refractivity contribution in [2.45, 2.75) is 19.8 Å². The Labute approximate surface area is 102 Å². The molecule has 0 aliphatic rings. The minimum Gasteiger partial charge on any atom is -0.493 e. The largest absolute Gasteiger partial charge is 0.493 e. The van der Waals surface area contributed by atoms with Gasteiger partial charge in [0.15, 0.2) is 11.5 Å². The van der Waals surface area contributed by atoms with E-state index in [-0.39, 0.29) is 0 Å². The Bertz CT molecular complexity index is 411. The van der Waals surface area contributed by atoms with Crippen LogP contribution in [0, 0.1) is 18.3 Å². The molecule has 1 rings (SSSR count). The number of methoxy groups -OCH3 is 2. The third kappa shape index (κ3) is 3.56. The monoisotopic (exact) mass is 234 g/mol. The molecule has 0 saturated carbocycles. The highest BCUT2D eigenvalue weighted by Crippen LogP contribution is 2.32. The lowest BCUT2D eigenvalue weighted by Gasteiger charge is -2.13. The topological polar surface area (TPSA) is 54.3 Å². The first-order chi connectivity index (χ1) is 8.22. The average molecular weight is 234 g/mol. The van der Waals surface area contributed by atoms with Gasteiger partial charge in [0.05, 0.1) is 20.3 Å². The molecule has 0 bridgehead atoms. The fraction of sp³-hybridized carbons (Fsp3) is 0.462. The molecule has 1 N–H and O–H groups in total. The standard InChI is InChI=1S/C13H18N2O2/c1-10-8-12(16-2)13(17-3)9-11(10)15-7-5-4-6-14/h8-9,15H,4-5,7H2,1-3H3. The van der Waals surface area contributed by atoms with Gasteiger partial charge >= 0.3 is 0 Å². The zero-order valence-electron chi connectivity index (χ0n) is 10.5. The first kappa shape index (κ1) is 13.2. The first-order valence-electron chi connectivity index (χ1n) is 5.56. The number of ether oxygens (including phenoxy) is 2. The van der Waals surface area contributed by atoms with Crippen molar-refractivity contribution in [3.05, 3.63) is 17.7 Å². The molecule has 92 valence electrons. The molecule has 17 heavy (non-hydrogen) atoms. The van der Waals surface area contributed by atoms with Gasteiger partial charge in [-0.05, 0) is 25.0 Å². The quantitative estimate of drug-likeness (QED) is 0.769. The van der Waals surface area contributed by atoms with Gasteiger partial charge in [-0.15, -0.1) is 0 Å². The van der Waals surface area contributed by atoms with E-state index in [0.29, 0.717) is 12.2 Å². The molecule has 0 aliphatic carbocycles. The van der Waals surface area contributed by atoms with Gasteiger partial charge in [-0.3, -0.25) is 0 Å². The second-order valence-corrected chi connectivity index (χ2v) is 3.71. The van der Waals surface area contributed by atoms with Gasteiger partial charge in [0, 0.05) is 24.7 Å². The maximum Gasteiger partial charge on any atom is 0.162 e. The summed E-state index contributed by atoms with van der Waals surface area (Å²) < 4.78 is 10.5. The van der Waals surface area contributed by atoms with Gasteiger partial charge in [0.1, 0.15) is 0 Å². The summed E-state index contributed by atoms with van der Waals surface area (Å²) in [7, 11) is 3.24. The van der Waals surface area contributed by atoms with Crippen LogP contribution >= 0.6 is 0 Å². The van der Waals surface area contributed by atoms with Gasteiger partial charge in [-0.1, -0.05) is 0 Å². The molecule has 0 spiro atoms. The van der Waals surface area contributed by atoms with Gasteiger partial charge in [-0.25, -0.2) is 0 Å². The molecule has 1 aromatic carbocycles. The van der Waals surface area contributed by atoms with E-state index in [4.69, 9.17) is 14.7 Å². The number of benzene rings is 1. The fourth-order valence-corrected chi connectivity index (χ4v) is 1.56. The van der Waals surface area contributed by atoms with Crippen LogP contribution in [0.2, 0.25) is 0 Å². The van der Waals surface area contributed by atoms with E-state index in [2.05, 4.69) is 11.4 Å². The van der Waals surface area contributed by atoms with Crippen LogP contribution in [-0.2, 0) is 0 Å². The summed E-state index contributed by atoms with van der Waals surface area (Å²) in [6, 6.07) is 5.98. The summed E-state index contributed by atoms with van der Waals surface area (Å²) >= 11 is 0. The molecule has 0 radical (unpaired) electrons. The minimum atomic E-state index is 0.569. The second-order valence-electron chi connectivity index (χ2n) is 3.71. The average Bonchev–Trinajstić information content (AvgIpc) is 2.35. The lowest BCUT2D eigenvalue weighted by atomic mass is 10.1. The summed E-state index contributed by atoms with van der Waals surface area (Å²) in [6.45, 7) is 2.79. The molecule has 0 amide bonds. The molecule has 1 aromatic rings. The Morgan fingerprint density at radius 2 is 1.88 bits per heavy atom. The van der Waals surface area contributed by atoms with Crippen molar-refractivity contribution in [3.63, 3.8) is 0 Å². The Kier molecular flexibility index (Phi) is 5.15. The molecule has 0 aliphatic heterocycles. The number of hydrogen-bond acceptors (Lipinski definition) is 4. The SMILES string of the molecule is COc1cc(C)c(NCCCC#N)cc1OC. The Morgan fingerprint density at radius 1 is 1.24 bits per heavy atom. The van der Waals surface area contributed by atoms with Crippen LogP contribution in [0.3, 0.4) is 0 Å². The number of aryl methyl sites for hydroxylation is 1. The maximum atomic E-state index is 8.45. The van der Waals surface area contributed by atoms with Crippen molar-refractivity contribution in [3.8, 4) is 17.6 Å². The predicted octanol–water partition coefficient (Wildman–Crippen LogP) is 2.73. The highest BCUT2D eigenvalue weighted by Gasteiger charge is 2.07. The maximum absolute atomic E-state index is 8.45. The van der Waals surface area contributed by atoms with E-state index in [0.717, 1.165) is 30.0 Å². The number of rotatable bonds is 6. The van der Waals surface area contributed by atoms with Crippen LogP contribution in [-0.4, -0.2) is 20.8 Å². The highest BCUT2D eigenvalue weighted by molar-refractivity contribution is 5.60. The van der Waals surface area contributed by atoms with Crippen molar-refractivity contribution in [2.24, 2.45) is 0 Å². The molecule has 0 aromatic heterocycles. The lowest BCUT2D eigenvalue weighted by molar-refractivity contribution is 0.355. The first-order valence-corrected chi connectivity index (χ1v) is 5.56. The van der Waals surface area contributed by atoms with Crippen LogP contribution in [0.5, 0.6) is 11.5 Å². The Hall–Kier alpha value is -1.89. The van der Waals surface area contributed by atoms with E-state index in [1.807, 2.05) is 19.1 Å². The van der Waals surface area contributed by atoms with E-state index >= 15 is 0 Å². The molecule has 4 nitrogen and oxygen atoms in total. The highest BCUT2D eigenvalue weighted by atomic mass is 16.5. The van der Waals surface area contributed by atoms with Crippen LogP contribution in [0.15, 0.2) is 12.1 Å². The van der Waals surface area contributed by atoms with Crippen molar-refractivity contribution >= 4 is 5.69 Å². The number of unbranched alkanes of at least 4 members (excludes halogenated alkanes) is 1. The van der Waals surface area contributed by atoms with Crippen LogP contribution < -0.4 is 14.8 Å². The fourth-order valence-electron chi connectivity index (χ4n) is 1.56. The van der Waals surface area contributed by atoms with Gasteiger partial charge < -0.3 is 14.8 Å². The van der Waals surface area contributed by atoms with Crippen molar-refractivity contribution in [1.29, 1.82) is 5.26 Å². The smallest absolute Gasteiger partial charge is 0.162 e. The van der Waals surface area contributed by atoms with Gasteiger partial charge in [0.2, 0.25) is 0 Å². The molecular formula is C13H18N2O2. The Morgan fingerprint density at radius 3 is 2.47 bits per heavy atom. The Balaban J connectivity index is 2.75. The summed E-state index contributed by atoms with van der Waals surface area (Å²) in [5, 5.41) is 11.7. The van der Waals surface area contributed by atoms with Gasteiger partial charge in [0.25, 0.3) is 0 Å². The van der Waals surface area contributed by atoms with E-state index in [9.17, 15) is 0 Å². The summed E-state index contributed by atoms with van der Waals surface area (Å²) in [5.41, 5.74) is 2.11. The summed E-state index contributed by atoms with van der Waals surface area (Å²) in [5.74, 6) is 1.44. The molecular weight excluding hydrogens is 216 g/mol. The molecule has 0 fully saturated rings. The minimum absolute atomic E-state index is 0.569. The van der Waals surface area contributed by atoms with Crippen molar-refractivity contribution < 1.29 is 9.47 Å². The van der Waals surface area contributed by atoms with Crippen molar-refractivity contribution in [2.75, 3.05) is 26.1 Å². The molecule has 4 heteroatoms. The second kappa shape index (κ2) is 6.64. The van der Waals surface area contributed by atoms with Crippen molar-refractivity contribution in [1.82, 2.24) is 0 Å². The van der Waals surface area contributed by atoms with Crippen LogP contribution in [0.25, 0.3) is 0 Å². The third-order valence-corrected chi connectivity index (χ3v) is 2.51. The lowest BCUT2D eigenvalue weighted by Crippen LogP contribution is -2.03. The number of hydrogen-bond donors (Lipinski definition) is 1. The zero-order valence-corrected chi connectivity index (χ0v) is 10.5. The van der Waals surface area contributed by atoms with E-state index in [1.165, 1.54) is 0 Å². The number of anilines is 1. The predicted molar refractivity (Wildman–Crippen MR) is 67.6 cm³/mol. The molecule has 0 unspecified atom stereocenters. The number of nitriles is 1. The normalized spacial score (nSPS) is 9.53. The molecule has 0 atom stereocenters. The summed E-state index contributed by atoms with van der Waals surface area (Å²) in [4.78, 5) is 0. The van der Waals surface area contributed by atoms with Gasteiger partial charge in [-0.2, -0.15) is 5.26 Å². The summed E-state index contributed by atoms with van der Waals surface area (Å²) in [6.07, 6.45) is 1.41. The number of nitrogens with zero attached hydrogens (tertiary/aromatic N) is 1. The molecule has 0 saturated heterocycles. The zero-order chi connectivity index (χ0) is 12.7. The van der Waals surface area contributed by atoms with Crippen LogP contribution in [0.4, 0.5) is 5.69 Å². The van der Waals surface area contributed by atoms with E-state index < -0.39 is 0 Å². The van der Waals surface area contributed by atoms with E-state index in [1.54, 1.807) is 14.2 Å². The molecule has 0 heterocycles. The number of nitrogens with one attached hydrogen (secondary N) is 1. The third-order valence-electron chi connectivity index (χ3n) is 2.51.